The fraction of sp³-hybridized carbons (Fsp3) is 0.700. The summed E-state index contributed by atoms with van der Waals surface area (Å²) in [6, 6.07) is -0.374. The second-order valence-corrected chi connectivity index (χ2v) is 4.18. The SMILES string of the molecule is NC1CCCN(C(=O)NCC(=O)NCC(=O)O)C1. The molecule has 8 heteroatoms. The van der Waals surface area contributed by atoms with Crippen LogP contribution in [0.3, 0.4) is 0 Å². The van der Waals surface area contributed by atoms with E-state index in [-0.39, 0.29) is 18.6 Å². The maximum absolute atomic E-state index is 11.6. The van der Waals surface area contributed by atoms with Crippen LogP contribution in [0.2, 0.25) is 0 Å². The van der Waals surface area contributed by atoms with E-state index in [1.165, 1.54) is 0 Å². The average Bonchev–Trinajstić information content (AvgIpc) is 2.33. The minimum absolute atomic E-state index is 0.0228. The van der Waals surface area contributed by atoms with Crippen LogP contribution >= 0.6 is 0 Å². The highest BCUT2D eigenvalue weighted by Crippen LogP contribution is 2.07. The molecule has 1 fully saturated rings. The van der Waals surface area contributed by atoms with E-state index in [2.05, 4.69) is 10.6 Å². The van der Waals surface area contributed by atoms with Crippen molar-refractivity contribution < 1.29 is 19.5 Å². The van der Waals surface area contributed by atoms with Crippen molar-refractivity contribution in [1.29, 1.82) is 0 Å². The lowest BCUT2D eigenvalue weighted by Crippen LogP contribution is -2.51. The first-order valence-corrected chi connectivity index (χ1v) is 5.76. The maximum Gasteiger partial charge on any atom is 0.322 e. The molecule has 0 radical (unpaired) electrons. The zero-order valence-corrected chi connectivity index (χ0v) is 10.0. The number of rotatable bonds is 4. The summed E-state index contributed by atoms with van der Waals surface area (Å²) in [5, 5.41) is 12.9. The zero-order valence-electron chi connectivity index (χ0n) is 10.0. The third kappa shape index (κ3) is 5.00. The number of hydrogen-bond acceptors (Lipinski definition) is 4. The standard InChI is InChI=1S/C10H18N4O4/c11-7-2-1-3-14(6-7)10(18)13-4-8(15)12-5-9(16)17/h7H,1-6,11H2,(H,12,15)(H,13,18)(H,16,17). The van der Waals surface area contributed by atoms with Gasteiger partial charge in [0, 0.05) is 19.1 Å². The number of likely N-dealkylation sites (tertiary alicyclic amines) is 1. The van der Waals surface area contributed by atoms with Crippen molar-refractivity contribution >= 4 is 17.9 Å². The van der Waals surface area contributed by atoms with Gasteiger partial charge in [0.05, 0.1) is 6.54 Å². The third-order valence-electron chi connectivity index (χ3n) is 2.58. The third-order valence-corrected chi connectivity index (χ3v) is 2.58. The predicted molar refractivity (Wildman–Crippen MR) is 62.8 cm³/mol. The molecule has 0 aliphatic carbocycles. The Hall–Kier alpha value is -1.83. The minimum Gasteiger partial charge on any atom is -0.480 e. The quantitative estimate of drug-likeness (QED) is 0.479. The molecule has 1 heterocycles. The number of amides is 3. The number of piperidine rings is 1. The molecule has 1 saturated heterocycles. The number of carboxylic acid groups (broad SMARTS) is 1. The maximum atomic E-state index is 11.6. The van der Waals surface area contributed by atoms with Crippen LogP contribution in [0.1, 0.15) is 12.8 Å². The number of carbonyl (C=O) groups excluding carboxylic acids is 2. The van der Waals surface area contributed by atoms with Gasteiger partial charge in [-0.3, -0.25) is 9.59 Å². The summed E-state index contributed by atoms with van der Waals surface area (Å²) < 4.78 is 0. The van der Waals surface area contributed by atoms with E-state index in [0.29, 0.717) is 13.1 Å². The Kier molecular flexibility index (Phi) is 5.37. The largest absolute Gasteiger partial charge is 0.480 e. The lowest BCUT2D eigenvalue weighted by Gasteiger charge is -2.30. The second kappa shape index (κ2) is 6.80. The first-order chi connectivity index (χ1) is 8.49. The fourth-order valence-electron chi connectivity index (χ4n) is 1.70. The van der Waals surface area contributed by atoms with Gasteiger partial charge in [-0.1, -0.05) is 0 Å². The van der Waals surface area contributed by atoms with Crippen molar-refractivity contribution in [2.75, 3.05) is 26.2 Å². The Morgan fingerprint density at radius 2 is 2.00 bits per heavy atom. The summed E-state index contributed by atoms with van der Waals surface area (Å²) in [6.07, 6.45) is 1.74. The number of carbonyl (C=O) groups is 3. The van der Waals surface area contributed by atoms with Crippen LogP contribution in [-0.2, 0) is 9.59 Å². The molecule has 18 heavy (non-hydrogen) atoms. The van der Waals surface area contributed by atoms with Crippen LogP contribution in [0, 0.1) is 0 Å². The van der Waals surface area contributed by atoms with E-state index >= 15 is 0 Å². The summed E-state index contributed by atoms with van der Waals surface area (Å²) in [6.45, 7) is 0.403. The number of aliphatic carboxylic acids is 1. The van der Waals surface area contributed by atoms with Crippen LogP contribution in [0.15, 0.2) is 0 Å². The van der Waals surface area contributed by atoms with Crippen molar-refractivity contribution in [3.05, 3.63) is 0 Å². The van der Waals surface area contributed by atoms with Crippen LogP contribution in [0.4, 0.5) is 4.79 Å². The first kappa shape index (κ1) is 14.2. The number of nitrogens with one attached hydrogen (secondary N) is 2. The Bertz CT molecular complexity index is 334. The highest BCUT2D eigenvalue weighted by atomic mass is 16.4. The predicted octanol–water partition coefficient (Wildman–Crippen LogP) is -1.68. The Labute approximate surface area is 104 Å². The molecule has 1 unspecified atom stereocenters. The van der Waals surface area contributed by atoms with Crippen LogP contribution in [0.5, 0.6) is 0 Å². The Morgan fingerprint density at radius 1 is 1.28 bits per heavy atom. The van der Waals surface area contributed by atoms with Gasteiger partial charge in [-0.15, -0.1) is 0 Å². The van der Waals surface area contributed by atoms with Gasteiger partial charge in [-0.2, -0.15) is 0 Å². The monoisotopic (exact) mass is 258 g/mol. The van der Waals surface area contributed by atoms with E-state index < -0.39 is 18.4 Å². The van der Waals surface area contributed by atoms with E-state index in [0.717, 1.165) is 12.8 Å². The Morgan fingerprint density at radius 3 is 2.61 bits per heavy atom. The molecule has 0 aromatic carbocycles. The topological polar surface area (TPSA) is 125 Å². The lowest BCUT2D eigenvalue weighted by molar-refractivity contribution is -0.137. The normalized spacial score (nSPS) is 19.2. The van der Waals surface area contributed by atoms with Gasteiger partial charge in [0.2, 0.25) is 5.91 Å². The summed E-state index contributed by atoms with van der Waals surface area (Å²) >= 11 is 0. The van der Waals surface area contributed by atoms with Crippen molar-refractivity contribution in [2.24, 2.45) is 5.73 Å². The van der Waals surface area contributed by atoms with E-state index in [9.17, 15) is 14.4 Å². The number of nitrogens with two attached hydrogens (primary N) is 1. The highest BCUT2D eigenvalue weighted by molar-refractivity contribution is 5.86. The second-order valence-electron chi connectivity index (χ2n) is 4.18. The molecular weight excluding hydrogens is 240 g/mol. The van der Waals surface area contributed by atoms with Gasteiger partial charge in [-0.25, -0.2) is 4.79 Å². The molecule has 1 rings (SSSR count). The molecule has 0 saturated carbocycles. The smallest absolute Gasteiger partial charge is 0.322 e. The number of carboxylic acids is 1. The number of urea groups is 1. The summed E-state index contributed by atoms with van der Waals surface area (Å²) in [7, 11) is 0. The highest BCUT2D eigenvalue weighted by Gasteiger charge is 2.21. The Balaban J connectivity index is 2.23. The van der Waals surface area contributed by atoms with E-state index in [1.54, 1.807) is 4.90 Å². The summed E-state index contributed by atoms with van der Waals surface area (Å²) in [4.78, 5) is 34.6. The molecule has 0 aromatic rings. The summed E-state index contributed by atoms with van der Waals surface area (Å²) in [5.74, 6) is -1.66. The van der Waals surface area contributed by atoms with Crippen LogP contribution in [0.25, 0.3) is 0 Å². The van der Waals surface area contributed by atoms with Gasteiger partial charge < -0.3 is 26.4 Å². The molecule has 3 amide bonds. The van der Waals surface area contributed by atoms with E-state index in [1.807, 2.05) is 0 Å². The lowest BCUT2D eigenvalue weighted by atomic mass is 10.1. The number of nitrogens with zero attached hydrogens (tertiary/aromatic N) is 1. The van der Waals surface area contributed by atoms with Gasteiger partial charge in [-0.05, 0) is 12.8 Å². The van der Waals surface area contributed by atoms with Crippen molar-refractivity contribution in [1.82, 2.24) is 15.5 Å². The molecule has 1 aliphatic rings. The fourth-order valence-corrected chi connectivity index (χ4v) is 1.70. The zero-order chi connectivity index (χ0) is 13.5. The molecule has 0 aromatic heterocycles. The van der Waals surface area contributed by atoms with Gasteiger partial charge >= 0.3 is 12.0 Å². The van der Waals surface area contributed by atoms with Crippen LogP contribution < -0.4 is 16.4 Å². The van der Waals surface area contributed by atoms with Crippen LogP contribution in [-0.4, -0.2) is 60.1 Å². The van der Waals surface area contributed by atoms with Crippen molar-refractivity contribution in [2.45, 2.75) is 18.9 Å². The average molecular weight is 258 g/mol. The molecule has 8 nitrogen and oxygen atoms in total. The first-order valence-electron chi connectivity index (χ1n) is 5.76. The van der Waals surface area contributed by atoms with Crippen molar-refractivity contribution in [3.63, 3.8) is 0 Å². The van der Waals surface area contributed by atoms with E-state index in [4.69, 9.17) is 10.8 Å². The summed E-state index contributed by atoms with van der Waals surface area (Å²) in [5.41, 5.74) is 5.73. The van der Waals surface area contributed by atoms with Gasteiger partial charge in [0.25, 0.3) is 0 Å². The van der Waals surface area contributed by atoms with Gasteiger partial charge in [0.15, 0.2) is 0 Å². The molecule has 102 valence electrons. The molecule has 0 bridgehead atoms. The molecule has 0 spiro atoms. The molecular formula is C10H18N4O4. The van der Waals surface area contributed by atoms with Crippen molar-refractivity contribution in [3.8, 4) is 0 Å². The molecule has 1 atom stereocenters. The van der Waals surface area contributed by atoms with Gasteiger partial charge in [0.1, 0.15) is 6.54 Å². The molecule has 1 aliphatic heterocycles. The minimum atomic E-state index is -1.13. The molecule has 5 N–H and O–H groups in total. The number of hydrogen-bond donors (Lipinski definition) is 4.